The highest BCUT2D eigenvalue weighted by Gasteiger charge is 2.96. The molecule has 0 aromatic heterocycles. The molecule has 0 N–H and O–H groups in total. The maximum atomic E-state index is 14.6. The number of carbonyl (C=O) groups excluding carboxylic acids is 2. The van der Waals surface area contributed by atoms with Crippen LogP contribution in [0.5, 0.6) is 0 Å². The summed E-state index contributed by atoms with van der Waals surface area (Å²) >= 11 is 0. The molecule has 12 aliphatic rings. The van der Waals surface area contributed by atoms with Gasteiger partial charge < -0.3 is 33.2 Å². The van der Waals surface area contributed by atoms with Crippen molar-refractivity contribution in [2.45, 2.75) is 265 Å². The van der Waals surface area contributed by atoms with E-state index in [4.69, 9.17) is 33.2 Å². The van der Waals surface area contributed by atoms with E-state index in [-0.39, 0.29) is 48.1 Å². The van der Waals surface area contributed by atoms with E-state index in [9.17, 15) is 9.59 Å². The van der Waals surface area contributed by atoms with E-state index in [1.165, 1.54) is 117 Å². The first-order chi connectivity index (χ1) is 38.3. The molecule has 8 saturated carbocycles. The van der Waals surface area contributed by atoms with Crippen molar-refractivity contribution in [1.29, 1.82) is 0 Å². The van der Waals surface area contributed by atoms with E-state index in [0.29, 0.717) is 24.0 Å². The lowest BCUT2D eigenvalue weighted by Crippen LogP contribution is -2.84. The molecule has 0 aromatic carbocycles. The molecule has 0 radical (unpaired) electrons. The standard InChI is InChI=1S/C71H114O9/c1-45(2)17-15-19-47(5)55-27-29-57-53-25-23-49-43-51(31-35-65(49,7)59(53)33-37-67(55,57)9)76-39-41-78-63(72)69-61-21-13-14-22-62(61)70(80-69,71(69,74-11)75-12)64(73)79-42-40-77-52-32-36-66(8)50(44-52)24-26-54-58-30-28-56(48(6)20-16-18-46(3)4)68(58,10)38-34-60(54)66/h23-24,45-48,51-62H,13-22,25-44H2,1-12H3/t47-,48-,51+,52+,53+,54+,55-,56-,57+,58+,59+,60+,61?,62?,65+,66+,67-,68-,69-,70+/m1/s1. The molecule has 2 aliphatic heterocycles. The van der Waals surface area contributed by atoms with Gasteiger partial charge in [-0.2, -0.15) is 0 Å². The highest BCUT2D eigenvalue weighted by molar-refractivity contribution is 5.94. The number of methoxy groups -OCH3 is 2. The SMILES string of the molecule is COC1(OC)[C@]2(C(=O)OCCO[C@H]3CC[C@@]4(C)C(=CC[C@H]5[C@@H]6CC[C@H]([C@H](C)CCCC(C)C)[C@@]6(C)CC[C@@H]54)C3)O[C@@]1(C(=O)OCCO[C@H]1CC[C@@]3(C)C(=CC[C@H]4[C@@H]5CC[C@H]([C@H](C)CCCC(C)C)[C@@]5(C)CC[C@@H]43)C1)C1CCCCC12. The largest absolute Gasteiger partial charge is 0.461 e. The first-order valence-corrected chi connectivity index (χ1v) is 34.0. The topological polar surface area (TPSA) is 98.8 Å². The van der Waals surface area contributed by atoms with Crippen LogP contribution in [-0.4, -0.2) is 81.8 Å². The van der Waals surface area contributed by atoms with Gasteiger partial charge in [0.05, 0.1) is 25.4 Å². The average Bonchev–Trinajstić information content (AvgIpc) is 2.77. The lowest BCUT2D eigenvalue weighted by atomic mass is 9.47. The van der Waals surface area contributed by atoms with Crippen LogP contribution in [0.25, 0.3) is 0 Å². The smallest absolute Gasteiger partial charge is 0.344 e. The lowest BCUT2D eigenvalue weighted by Gasteiger charge is -2.59. The molecule has 2 bridgehead atoms. The molecule has 12 rings (SSSR count). The molecular formula is C71H114O9. The van der Waals surface area contributed by atoms with Crippen LogP contribution in [0.15, 0.2) is 23.3 Å². The van der Waals surface area contributed by atoms with Crippen molar-refractivity contribution in [2.24, 2.45) is 105 Å². The number of carbonyl (C=O) groups is 2. The van der Waals surface area contributed by atoms with E-state index < -0.39 is 28.9 Å². The second kappa shape index (κ2) is 23.1. The Hall–Kier alpha value is -1.78. The lowest BCUT2D eigenvalue weighted by molar-refractivity contribution is -0.446. The molecule has 9 heteroatoms. The summed E-state index contributed by atoms with van der Waals surface area (Å²) in [5.74, 6) is 6.53. The Morgan fingerprint density at radius 3 is 1.34 bits per heavy atom. The van der Waals surface area contributed by atoms with E-state index in [2.05, 4.69) is 81.4 Å². The van der Waals surface area contributed by atoms with Gasteiger partial charge in [0.15, 0.2) is 0 Å². The summed E-state index contributed by atoms with van der Waals surface area (Å²) in [5.41, 5.74) is 1.56. The second-order valence-electron chi connectivity index (χ2n) is 31.4. The van der Waals surface area contributed by atoms with E-state index in [1.807, 2.05) is 0 Å². The molecule has 9 nitrogen and oxygen atoms in total. The van der Waals surface area contributed by atoms with Crippen LogP contribution in [0.2, 0.25) is 0 Å². The predicted molar refractivity (Wildman–Crippen MR) is 316 cm³/mol. The van der Waals surface area contributed by atoms with Gasteiger partial charge in [0.25, 0.3) is 0 Å². The van der Waals surface area contributed by atoms with Crippen molar-refractivity contribution in [3.8, 4) is 0 Å². The molecule has 20 atom stereocenters. The second-order valence-corrected chi connectivity index (χ2v) is 31.4. The highest BCUT2D eigenvalue weighted by atomic mass is 16.8. The zero-order chi connectivity index (χ0) is 56.6. The number of rotatable bonds is 22. The van der Waals surface area contributed by atoms with Crippen molar-refractivity contribution in [2.75, 3.05) is 40.6 Å². The van der Waals surface area contributed by atoms with Crippen LogP contribution in [-0.2, 0) is 42.7 Å². The minimum atomic E-state index is -1.67. The fourth-order valence-electron chi connectivity index (χ4n) is 23.2. The molecule has 2 saturated heterocycles. The first kappa shape index (κ1) is 59.9. The van der Waals surface area contributed by atoms with Gasteiger partial charge in [0.1, 0.15) is 13.2 Å². The molecule has 0 spiro atoms. The molecule has 2 unspecified atom stereocenters. The summed E-state index contributed by atoms with van der Waals surface area (Å²) in [5, 5.41) is 0. The van der Waals surface area contributed by atoms with Crippen LogP contribution < -0.4 is 0 Å². The normalized spacial score (nSPS) is 44.7. The van der Waals surface area contributed by atoms with Crippen molar-refractivity contribution in [1.82, 2.24) is 0 Å². The minimum absolute atomic E-state index is 0.103. The van der Waals surface area contributed by atoms with Gasteiger partial charge in [-0.25, -0.2) is 9.59 Å². The van der Waals surface area contributed by atoms with Gasteiger partial charge in [-0.1, -0.05) is 144 Å². The Kier molecular flexibility index (Phi) is 17.3. The third-order valence-corrected chi connectivity index (χ3v) is 27.2. The highest BCUT2D eigenvalue weighted by Crippen LogP contribution is 2.74. The summed E-state index contributed by atoms with van der Waals surface area (Å²) in [7, 11) is 3.05. The van der Waals surface area contributed by atoms with E-state index >= 15 is 0 Å². The summed E-state index contributed by atoms with van der Waals surface area (Å²) in [6.45, 7) is 26.0. The molecule has 452 valence electrons. The summed E-state index contributed by atoms with van der Waals surface area (Å²) in [4.78, 5) is 29.3. The molecule has 80 heavy (non-hydrogen) atoms. The van der Waals surface area contributed by atoms with Gasteiger partial charge in [0.2, 0.25) is 17.0 Å². The molecule has 2 heterocycles. The maximum absolute atomic E-state index is 14.6. The van der Waals surface area contributed by atoms with Crippen LogP contribution in [0.1, 0.15) is 236 Å². The maximum Gasteiger partial charge on any atom is 0.344 e. The van der Waals surface area contributed by atoms with Gasteiger partial charge in [-0.15, -0.1) is 0 Å². The molecule has 10 aliphatic carbocycles. The molecule has 0 amide bonds. The van der Waals surface area contributed by atoms with Gasteiger partial charge in [-0.3, -0.25) is 0 Å². The van der Waals surface area contributed by atoms with Crippen molar-refractivity contribution < 1.29 is 42.7 Å². The zero-order valence-corrected chi connectivity index (χ0v) is 52.8. The van der Waals surface area contributed by atoms with Gasteiger partial charge in [-0.05, 0) is 208 Å². The summed E-state index contributed by atoms with van der Waals surface area (Å²) in [6, 6.07) is 0. The third-order valence-electron chi connectivity index (χ3n) is 27.2. The monoisotopic (exact) mass is 1110 g/mol. The van der Waals surface area contributed by atoms with Crippen molar-refractivity contribution in [3.63, 3.8) is 0 Å². The minimum Gasteiger partial charge on any atom is -0.461 e. The van der Waals surface area contributed by atoms with Gasteiger partial charge >= 0.3 is 11.9 Å². The number of esters is 2. The first-order valence-electron chi connectivity index (χ1n) is 34.0. The summed E-state index contributed by atoms with van der Waals surface area (Å²) in [6.07, 6.45) is 37.0. The van der Waals surface area contributed by atoms with E-state index in [1.54, 1.807) is 11.1 Å². The molecule has 0 aromatic rings. The Labute approximate surface area is 486 Å². The molecule has 10 fully saturated rings. The number of fused-ring (bicyclic) bond motifs is 10. The Morgan fingerprint density at radius 2 is 0.938 bits per heavy atom. The predicted octanol–water partition coefficient (Wildman–Crippen LogP) is 16.2. The Morgan fingerprint density at radius 1 is 0.512 bits per heavy atom. The van der Waals surface area contributed by atoms with Crippen molar-refractivity contribution in [3.05, 3.63) is 23.3 Å². The Bertz CT molecular complexity index is 2120. The van der Waals surface area contributed by atoms with Crippen LogP contribution in [0.3, 0.4) is 0 Å². The van der Waals surface area contributed by atoms with Gasteiger partial charge in [0, 0.05) is 26.1 Å². The number of allylic oxidation sites excluding steroid dienone is 2. The number of hydrogen-bond donors (Lipinski definition) is 0. The van der Waals surface area contributed by atoms with Crippen LogP contribution >= 0.6 is 0 Å². The third kappa shape index (κ3) is 9.49. The van der Waals surface area contributed by atoms with E-state index in [0.717, 1.165) is 135 Å². The fourth-order valence-corrected chi connectivity index (χ4v) is 23.2. The zero-order valence-electron chi connectivity index (χ0n) is 52.8. The van der Waals surface area contributed by atoms with Crippen LogP contribution in [0.4, 0.5) is 0 Å². The molecular weight excluding hydrogens is 997 g/mol. The number of ether oxygens (including phenoxy) is 7. The number of hydrogen-bond acceptors (Lipinski definition) is 9. The average molecular weight is 1110 g/mol. The van der Waals surface area contributed by atoms with Crippen molar-refractivity contribution >= 4 is 11.9 Å². The Balaban J connectivity index is 0.657. The van der Waals surface area contributed by atoms with Crippen LogP contribution in [0, 0.1) is 105 Å². The quantitative estimate of drug-likeness (QED) is 0.0454. The summed E-state index contributed by atoms with van der Waals surface area (Å²) < 4.78 is 44.8. The fraction of sp³-hybridized carbons (Fsp3) is 0.915.